The van der Waals surface area contributed by atoms with Crippen molar-refractivity contribution in [2.24, 2.45) is 0 Å². The molecular weight excluding hydrogens is 278 g/mol. The highest BCUT2D eigenvalue weighted by Crippen LogP contribution is 2.29. The molecule has 2 aromatic carbocycles. The molecule has 0 heterocycles. The molecule has 21 heavy (non-hydrogen) atoms. The lowest BCUT2D eigenvalue weighted by atomic mass is 10.1. The van der Waals surface area contributed by atoms with E-state index < -0.39 is 0 Å². The summed E-state index contributed by atoms with van der Waals surface area (Å²) in [4.78, 5) is 1.28. The summed E-state index contributed by atoms with van der Waals surface area (Å²) in [6.45, 7) is 4.28. The summed E-state index contributed by atoms with van der Waals surface area (Å²) in [6, 6.07) is 15.5. The zero-order valence-electron chi connectivity index (χ0n) is 13.1. The number of benzene rings is 2. The van der Waals surface area contributed by atoms with Gasteiger partial charge in [-0.2, -0.15) is 0 Å². The number of ether oxygens (including phenoxy) is 1. The number of hydrogen-bond acceptors (Lipinski definition) is 3. The molecule has 0 fully saturated rings. The first kappa shape index (κ1) is 15.9. The second-order valence-electron chi connectivity index (χ2n) is 5.18. The SMILES string of the molecule is CNC(C)c1ccc(SCc2cc(C)ccc2OC)cc1. The molecule has 1 N–H and O–H groups in total. The third-order valence-corrected chi connectivity index (χ3v) is 4.70. The summed E-state index contributed by atoms with van der Waals surface area (Å²) < 4.78 is 5.43. The highest BCUT2D eigenvalue weighted by molar-refractivity contribution is 7.98. The lowest BCUT2D eigenvalue weighted by Gasteiger charge is -2.12. The molecule has 0 aliphatic heterocycles. The van der Waals surface area contributed by atoms with Gasteiger partial charge >= 0.3 is 0 Å². The van der Waals surface area contributed by atoms with Crippen LogP contribution >= 0.6 is 11.8 Å². The van der Waals surface area contributed by atoms with Gasteiger partial charge in [0.15, 0.2) is 0 Å². The maximum atomic E-state index is 5.43. The van der Waals surface area contributed by atoms with Crippen molar-refractivity contribution < 1.29 is 4.74 Å². The number of thioether (sulfide) groups is 1. The number of methoxy groups -OCH3 is 1. The van der Waals surface area contributed by atoms with Crippen LogP contribution < -0.4 is 10.1 Å². The molecule has 0 spiro atoms. The van der Waals surface area contributed by atoms with Crippen molar-refractivity contribution >= 4 is 11.8 Å². The van der Waals surface area contributed by atoms with Crippen molar-refractivity contribution in [1.29, 1.82) is 0 Å². The van der Waals surface area contributed by atoms with Crippen molar-refractivity contribution in [3.8, 4) is 5.75 Å². The summed E-state index contributed by atoms with van der Waals surface area (Å²) in [5.41, 5.74) is 3.83. The Hall–Kier alpha value is -1.45. The van der Waals surface area contributed by atoms with Gasteiger partial charge in [0.25, 0.3) is 0 Å². The Bertz CT molecular complexity index is 580. The van der Waals surface area contributed by atoms with E-state index in [1.54, 1.807) is 7.11 Å². The minimum Gasteiger partial charge on any atom is -0.496 e. The quantitative estimate of drug-likeness (QED) is 0.789. The molecule has 1 atom stereocenters. The number of aryl methyl sites for hydroxylation is 1. The van der Waals surface area contributed by atoms with Gasteiger partial charge in [0, 0.05) is 22.3 Å². The smallest absolute Gasteiger partial charge is 0.122 e. The Morgan fingerprint density at radius 3 is 2.48 bits per heavy atom. The van der Waals surface area contributed by atoms with Gasteiger partial charge in [-0.05, 0) is 44.7 Å². The Morgan fingerprint density at radius 2 is 1.86 bits per heavy atom. The van der Waals surface area contributed by atoms with Crippen LogP contribution in [0.3, 0.4) is 0 Å². The van der Waals surface area contributed by atoms with Crippen LogP contribution in [-0.2, 0) is 5.75 Å². The summed E-state index contributed by atoms with van der Waals surface area (Å²) in [7, 11) is 3.71. The van der Waals surface area contributed by atoms with Crippen LogP contribution in [0.2, 0.25) is 0 Å². The van der Waals surface area contributed by atoms with Gasteiger partial charge in [0.2, 0.25) is 0 Å². The van der Waals surface area contributed by atoms with Gasteiger partial charge in [-0.3, -0.25) is 0 Å². The van der Waals surface area contributed by atoms with Crippen molar-refractivity contribution in [2.75, 3.05) is 14.2 Å². The first-order chi connectivity index (χ1) is 10.1. The third kappa shape index (κ3) is 4.26. The van der Waals surface area contributed by atoms with E-state index in [0.29, 0.717) is 6.04 Å². The van der Waals surface area contributed by atoms with Crippen LogP contribution in [0.25, 0.3) is 0 Å². The van der Waals surface area contributed by atoms with E-state index >= 15 is 0 Å². The van der Waals surface area contributed by atoms with E-state index in [0.717, 1.165) is 11.5 Å². The summed E-state index contributed by atoms with van der Waals surface area (Å²) in [5, 5.41) is 3.26. The Balaban J connectivity index is 2.04. The average molecular weight is 301 g/mol. The van der Waals surface area contributed by atoms with Crippen molar-refractivity contribution in [3.05, 3.63) is 59.2 Å². The Morgan fingerprint density at radius 1 is 1.14 bits per heavy atom. The molecule has 1 unspecified atom stereocenters. The molecule has 2 nitrogen and oxygen atoms in total. The van der Waals surface area contributed by atoms with E-state index in [1.807, 2.05) is 24.9 Å². The van der Waals surface area contributed by atoms with Crippen molar-refractivity contribution in [2.45, 2.75) is 30.5 Å². The zero-order chi connectivity index (χ0) is 15.2. The van der Waals surface area contributed by atoms with Gasteiger partial charge in [0.05, 0.1) is 7.11 Å². The fourth-order valence-electron chi connectivity index (χ4n) is 2.20. The zero-order valence-corrected chi connectivity index (χ0v) is 14.0. The average Bonchev–Trinajstić information content (AvgIpc) is 2.52. The molecule has 0 saturated carbocycles. The number of hydrogen-bond donors (Lipinski definition) is 1. The van der Waals surface area contributed by atoms with Gasteiger partial charge in [0.1, 0.15) is 5.75 Å². The van der Waals surface area contributed by atoms with Crippen molar-refractivity contribution in [1.82, 2.24) is 5.32 Å². The topological polar surface area (TPSA) is 21.3 Å². The molecule has 0 aliphatic rings. The minimum atomic E-state index is 0.390. The molecule has 2 rings (SSSR count). The van der Waals surface area contributed by atoms with E-state index in [2.05, 4.69) is 55.6 Å². The summed E-state index contributed by atoms with van der Waals surface area (Å²) in [5.74, 6) is 1.89. The van der Waals surface area contributed by atoms with Crippen LogP contribution in [0.5, 0.6) is 5.75 Å². The predicted molar refractivity (Wildman–Crippen MR) is 91.2 cm³/mol. The molecule has 0 aromatic heterocycles. The molecule has 3 heteroatoms. The van der Waals surface area contributed by atoms with Gasteiger partial charge in [-0.25, -0.2) is 0 Å². The molecule has 2 aromatic rings. The normalized spacial score (nSPS) is 12.2. The highest BCUT2D eigenvalue weighted by atomic mass is 32.2. The molecule has 112 valence electrons. The molecule has 0 saturated heterocycles. The largest absolute Gasteiger partial charge is 0.496 e. The van der Waals surface area contributed by atoms with Gasteiger partial charge in [-0.1, -0.05) is 29.8 Å². The van der Waals surface area contributed by atoms with Crippen LogP contribution in [0.15, 0.2) is 47.4 Å². The van der Waals surface area contributed by atoms with Gasteiger partial charge in [-0.15, -0.1) is 11.8 Å². The molecule has 0 radical (unpaired) electrons. The second kappa shape index (κ2) is 7.53. The fraction of sp³-hybridized carbons (Fsp3) is 0.333. The Labute approximate surface area is 131 Å². The number of rotatable bonds is 6. The second-order valence-corrected chi connectivity index (χ2v) is 6.23. The molecule has 0 bridgehead atoms. The first-order valence-electron chi connectivity index (χ1n) is 7.17. The van der Waals surface area contributed by atoms with E-state index in [4.69, 9.17) is 4.74 Å². The van der Waals surface area contributed by atoms with Crippen LogP contribution in [0.4, 0.5) is 0 Å². The summed E-state index contributed by atoms with van der Waals surface area (Å²) >= 11 is 1.84. The maximum absolute atomic E-state index is 5.43. The Kier molecular flexibility index (Phi) is 5.71. The first-order valence-corrected chi connectivity index (χ1v) is 8.16. The standard InChI is InChI=1S/C18H23NOS/c1-13-5-10-18(20-4)16(11-13)12-21-17-8-6-15(7-9-17)14(2)19-3/h5-11,14,19H,12H2,1-4H3. The minimum absolute atomic E-state index is 0.390. The van der Waals surface area contributed by atoms with E-state index in [9.17, 15) is 0 Å². The summed E-state index contributed by atoms with van der Waals surface area (Å²) in [6.07, 6.45) is 0. The van der Waals surface area contributed by atoms with Gasteiger partial charge < -0.3 is 10.1 Å². The van der Waals surface area contributed by atoms with Crippen molar-refractivity contribution in [3.63, 3.8) is 0 Å². The van der Waals surface area contributed by atoms with Crippen LogP contribution in [0, 0.1) is 6.92 Å². The highest BCUT2D eigenvalue weighted by Gasteiger charge is 2.05. The fourth-order valence-corrected chi connectivity index (χ4v) is 3.08. The van der Waals surface area contributed by atoms with Crippen LogP contribution in [0.1, 0.15) is 29.7 Å². The van der Waals surface area contributed by atoms with E-state index in [-0.39, 0.29) is 0 Å². The molecule has 0 aliphatic carbocycles. The number of nitrogens with one attached hydrogen (secondary N) is 1. The lowest BCUT2D eigenvalue weighted by molar-refractivity contribution is 0.411. The monoisotopic (exact) mass is 301 g/mol. The predicted octanol–water partition coefficient (Wildman–Crippen LogP) is 4.58. The van der Waals surface area contributed by atoms with E-state index in [1.165, 1.54) is 21.6 Å². The molecule has 0 amide bonds. The van der Waals surface area contributed by atoms with Crippen LogP contribution in [-0.4, -0.2) is 14.2 Å². The molecular formula is C18H23NOS. The maximum Gasteiger partial charge on any atom is 0.122 e. The third-order valence-electron chi connectivity index (χ3n) is 3.64. The lowest BCUT2D eigenvalue weighted by Crippen LogP contribution is -2.11.